The van der Waals surface area contributed by atoms with Gasteiger partial charge in [-0.2, -0.15) is 0 Å². The van der Waals surface area contributed by atoms with E-state index in [0.29, 0.717) is 5.84 Å². The number of likely N-dealkylation sites (tertiary alicyclic amines) is 1. The maximum Gasteiger partial charge on any atom is 0.156 e. The first-order valence-electron chi connectivity index (χ1n) is 6.51. The summed E-state index contributed by atoms with van der Waals surface area (Å²) in [6.07, 6.45) is 8.55. The number of rotatable bonds is 6. The van der Waals surface area contributed by atoms with Gasteiger partial charge in [-0.1, -0.05) is 37.8 Å². The van der Waals surface area contributed by atoms with Gasteiger partial charge in [0.25, 0.3) is 0 Å². The summed E-state index contributed by atoms with van der Waals surface area (Å²) in [5.41, 5.74) is 5.73. The van der Waals surface area contributed by atoms with Crippen LogP contribution >= 0.6 is 0 Å². The van der Waals surface area contributed by atoms with E-state index < -0.39 is 0 Å². The summed E-state index contributed by atoms with van der Waals surface area (Å²) in [4.78, 5) is 2.37. The summed E-state index contributed by atoms with van der Waals surface area (Å²) >= 11 is 0. The second-order valence-corrected chi connectivity index (χ2v) is 4.63. The minimum atomic E-state index is 0.167. The lowest BCUT2D eigenvalue weighted by Crippen LogP contribution is -2.48. The maximum atomic E-state index is 8.75. The van der Waals surface area contributed by atoms with Crippen molar-refractivity contribution in [2.75, 3.05) is 13.1 Å². The van der Waals surface area contributed by atoms with E-state index in [9.17, 15) is 0 Å². The predicted molar refractivity (Wildman–Crippen MR) is 66.8 cm³/mol. The Morgan fingerprint density at radius 1 is 1.38 bits per heavy atom. The van der Waals surface area contributed by atoms with Gasteiger partial charge >= 0.3 is 0 Å². The van der Waals surface area contributed by atoms with E-state index in [1.807, 2.05) is 0 Å². The predicted octanol–water partition coefficient (Wildman–Crippen LogP) is 2.17. The Morgan fingerprint density at radius 3 is 2.88 bits per heavy atom. The Kier molecular flexibility index (Phi) is 6.23. The standard InChI is InChI=1S/C12H25N3O/c1-2-3-4-6-9-15-10-7-5-8-11(15)12(13)14-16/h11,16H,2-10H2,1H3,(H2,13,14). The van der Waals surface area contributed by atoms with Gasteiger partial charge in [-0.15, -0.1) is 0 Å². The van der Waals surface area contributed by atoms with E-state index in [0.717, 1.165) is 19.5 Å². The van der Waals surface area contributed by atoms with E-state index in [-0.39, 0.29) is 6.04 Å². The fourth-order valence-electron chi connectivity index (χ4n) is 2.40. The SMILES string of the molecule is CCCCCCN1CCCCC1C(N)=NO. The lowest BCUT2D eigenvalue weighted by Gasteiger charge is -2.34. The second-order valence-electron chi connectivity index (χ2n) is 4.63. The molecule has 1 unspecified atom stereocenters. The number of amidine groups is 1. The van der Waals surface area contributed by atoms with Crippen molar-refractivity contribution in [2.45, 2.75) is 57.9 Å². The van der Waals surface area contributed by atoms with E-state index in [2.05, 4.69) is 17.0 Å². The van der Waals surface area contributed by atoms with Crippen LogP contribution < -0.4 is 5.73 Å². The van der Waals surface area contributed by atoms with Crippen LogP contribution in [0.2, 0.25) is 0 Å². The van der Waals surface area contributed by atoms with E-state index >= 15 is 0 Å². The largest absolute Gasteiger partial charge is 0.409 e. The van der Waals surface area contributed by atoms with Crippen LogP contribution in [0, 0.1) is 0 Å². The average molecular weight is 227 g/mol. The molecule has 1 aliphatic rings. The molecule has 0 amide bonds. The number of hydrogen-bond acceptors (Lipinski definition) is 3. The van der Waals surface area contributed by atoms with Gasteiger partial charge < -0.3 is 10.9 Å². The lowest BCUT2D eigenvalue weighted by atomic mass is 10.0. The Balaban J connectivity index is 2.35. The molecule has 0 bridgehead atoms. The smallest absolute Gasteiger partial charge is 0.156 e. The maximum absolute atomic E-state index is 8.75. The monoisotopic (exact) mass is 227 g/mol. The van der Waals surface area contributed by atoms with Crippen molar-refractivity contribution < 1.29 is 5.21 Å². The van der Waals surface area contributed by atoms with Gasteiger partial charge in [-0.05, 0) is 32.4 Å². The molecule has 3 N–H and O–H groups in total. The number of unbranched alkanes of at least 4 members (excludes halogenated alkanes) is 3. The molecule has 1 atom stereocenters. The highest BCUT2D eigenvalue weighted by atomic mass is 16.4. The average Bonchev–Trinajstić information content (AvgIpc) is 2.34. The molecule has 1 rings (SSSR count). The number of nitrogens with two attached hydrogens (primary N) is 1. The molecule has 1 fully saturated rings. The minimum Gasteiger partial charge on any atom is -0.409 e. The third kappa shape index (κ3) is 4.00. The number of piperidine rings is 1. The molecule has 4 heteroatoms. The van der Waals surface area contributed by atoms with Gasteiger partial charge in [0.1, 0.15) is 0 Å². The topological polar surface area (TPSA) is 61.8 Å². The van der Waals surface area contributed by atoms with Crippen molar-refractivity contribution in [1.82, 2.24) is 4.90 Å². The van der Waals surface area contributed by atoms with E-state index in [4.69, 9.17) is 10.9 Å². The normalized spacial score (nSPS) is 23.6. The van der Waals surface area contributed by atoms with Crippen molar-refractivity contribution in [2.24, 2.45) is 10.9 Å². The summed E-state index contributed by atoms with van der Waals surface area (Å²) in [6.45, 7) is 4.40. The zero-order valence-electron chi connectivity index (χ0n) is 10.4. The molecule has 0 aromatic heterocycles. The lowest BCUT2D eigenvalue weighted by molar-refractivity contribution is 0.182. The molecule has 0 aromatic carbocycles. The molecule has 16 heavy (non-hydrogen) atoms. The molecule has 0 radical (unpaired) electrons. The van der Waals surface area contributed by atoms with Crippen molar-refractivity contribution in [3.8, 4) is 0 Å². The van der Waals surface area contributed by atoms with Gasteiger partial charge in [-0.3, -0.25) is 4.90 Å². The highest BCUT2D eigenvalue weighted by Gasteiger charge is 2.25. The minimum absolute atomic E-state index is 0.167. The Morgan fingerprint density at radius 2 is 2.19 bits per heavy atom. The van der Waals surface area contributed by atoms with Crippen LogP contribution in [-0.2, 0) is 0 Å². The van der Waals surface area contributed by atoms with Gasteiger partial charge in [-0.25, -0.2) is 0 Å². The zero-order valence-corrected chi connectivity index (χ0v) is 10.4. The Labute approximate surface area is 98.5 Å². The molecule has 94 valence electrons. The molecular formula is C12H25N3O. The fourth-order valence-corrected chi connectivity index (χ4v) is 2.40. The molecular weight excluding hydrogens is 202 g/mol. The van der Waals surface area contributed by atoms with Gasteiger partial charge in [0.05, 0.1) is 6.04 Å². The third-order valence-corrected chi connectivity index (χ3v) is 3.37. The van der Waals surface area contributed by atoms with Crippen LogP contribution in [0.25, 0.3) is 0 Å². The van der Waals surface area contributed by atoms with Crippen LogP contribution in [0.3, 0.4) is 0 Å². The summed E-state index contributed by atoms with van der Waals surface area (Å²) in [5.74, 6) is 0.384. The highest BCUT2D eigenvalue weighted by molar-refractivity contribution is 5.85. The van der Waals surface area contributed by atoms with Gasteiger partial charge in [0, 0.05) is 0 Å². The molecule has 0 spiro atoms. The molecule has 1 aliphatic heterocycles. The first-order chi connectivity index (χ1) is 7.79. The van der Waals surface area contributed by atoms with Crippen LogP contribution in [0.5, 0.6) is 0 Å². The third-order valence-electron chi connectivity index (χ3n) is 3.37. The molecule has 1 heterocycles. The van der Waals surface area contributed by atoms with E-state index in [1.54, 1.807) is 0 Å². The van der Waals surface area contributed by atoms with Crippen molar-refractivity contribution >= 4 is 5.84 Å². The van der Waals surface area contributed by atoms with Gasteiger partial charge in [0.15, 0.2) is 5.84 Å². The summed E-state index contributed by atoms with van der Waals surface area (Å²) < 4.78 is 0. The van der Waals surface area contributed by atoms with Crippen LogP contribution in [0.15, 0.2) is 5.16 Å². The summed E-state index contributed by atoms with van der Waals surface area (Å²) in [7, 11) is 0. The molecule has 0 saturated carbocycles. The fraction of sp³-hybridized carbons (Fsp3) is 0.917. The number of hydrogen-bond donors (Lipinski definition) is 2. The van der Waals surface area contributed by atoms with Crippen molar-refractivity contribution in [1.29, 1.82) is 0 Å². The second kappa shape index (κ2) is 7.49. The zero-order chi connectivity index (χ0) is 11.8. The quantitative estimate of drug-likeness (QED) is 0.240. The summed E-state index contributed by atoms with van der Waals surface area (Å²) in [5, 5.41) is 11.9. The highest BCUT2D eigenvalue weighted by Crippen LogP contribution is 2.18. The first kappa shape index (κ1) is 13.3. The van der Waals surface area contributed by atoms with Crippen molar-refractivity contribution in [3.05, 3.63) is 0 Å². The Hall–Kier alpha value is -0.770. The van der Waals surface area contributed by atoms with Crippen molar-refractivity contribution in [3.63, 3.8) is 0 Å². The Bertz CT molecular complexity index is 218. The molecule has 0 aliphatic carbocycles. The molecule has 0 aromatic rings. The van der Waals surface area contributed by atoms with E-state index in [1.165, 1.54) is 38.5 Å². The number of nitrogens with zero attached hydrogens (tertiary/aromatic N) is 2. The van der Waals surface area contributed by atoms with Crippen LogP contribution in [0.1, 0.15) is 51.9 Å². The first-order valence-corrected chi connectivity index (χ1v) is 6.51. The van der Waals surface area contributed by atoms with Crippen LogP contribution in [-0.4, -0.2) is 35.1 Å². The van der Waals surface area contributed by atoms with Gasteiger partial charge in [0.2, 0.25) is 0 Å². The molecule has 1 saturated heterocycles. The summed E-state index contributed by atoms with van der Waals surface area (Å²) in [6, 6.07) is 0.167. The molecule has 4 nitrogen and oxygen atoms in total. The van der Waals surface area contributed by atoms with Crippen LogP contribution in [0.4, 0.5) is 0 Å². The number of oxime groups is 1.